The van der Waals surface area contributed by atoms with Gasteiger partial charge in [-0.25, -0.2) is 0 Å². The molecule has 0 saturated carbocycles. The fourth-order valence-electron chi connectivity index (χ4n) is 2.63. The number of hydrogen-bond acceptors (Lipinski definition) is 3. The van der Waals surface area contributed by atoms with E-state index in [1.165, 1.54) is 11.3 Å². The van der Waals surface area contributed by atoms with Crippen molar-refractivity contribution in [3.8, 4) is 0 Å². The van der Waals surface area contributed by atoms with Gasteiger partial charge in [-0.2, -0.15) is 16.4 Å². The molecule has 7 heteroatoms. The van der Waals surface area contributed by atoms with E-state index in [9.17, 15) is 0 Å². The van der Waals surface area contributed by atoms with Gasteiger partial charge in [0.05, 0.1) is 5.69 Å². The molecule has 2 heterocycles. The summed E-state index contributed by atoms with van der Waals surface area (Å²) in [5.74, 6) is 1.80. The van der Waals surface area contributed by atoms with Gasteiger partial charge >= 0.3 is 0 Å². The van der Waals surface area contributed by atoms with Gasteiger partial charge in [-0.15, -0.1) is 24.0 Å². The lowest BCUT2D eigenvalue weighted by molar-refractivity contribution is 0.435. The Kier molecular flexibility index (Phi) is 9.48. The van der Waals surface area contributed by atoms with E-state index in [-0.39, 0.29) is 24.0 Å². The summed E-state index contributed by atoms with van der Waals surface area (Å²) in [6.45, 7) is 11.2. The molecule has 2 unspecified atom stereocenters. The summed E-state index contributed by atoms with van der Waals surface area (Å²) < 4.78 is 2.08. The molecule has 140 valence electrons. The highest BCUT2D eigenvalue weighted by Crippen LogP contribution is 2.16. The molecule has 0 amide bonds. The van der Waals surface area contributed by atoms with Crippen molar-refractivity contribution in [2.24, 2.45) is 10.9 Å². The Bertz CT molecular complexity index is 650. The number of nitrogens with one attached hydrogen (secondary N) is 2. The van der Waals surface area contributed by atoms with Gasteiger partial charge in [0.25, 0.3) is 0 Å². The summed E-state index contributed by atoms with van der Waals surface area (Å²) in [5, 5.41) is 15.7. The molecule has 2 N–H and O–H groups in total. The molecule has 0 fully saturated rings. The van der Waals surface area contributed by atoms with Crippen molar-refractivity contribution >= 4 is 41.3 Å². The van der Waals surface area contributed by atoms with Crippen LogP contribution in [0.25, 0.3) is 0 Å². The molecular weight excluding hydrogens is 445 g/mol. The van der Waals surface area contributed by atoms with E-state index in [1.54, 1.807) is 11.3 Å². The van der Waals surface area contributed by atoms with Gasteiger partial charge < -0.3 is 10.6 Å². The first-order chi connectivity index (χ1) is 11.5. The molecule has 0 aliphatic carbocycles. The lowest BCUT2D eigenvalue weighted by Crippen LogP contribution is -2.41. The van der Waals surface area contributed by atoms with Crippen LogP contribution in [-0.4, -0.2) is 35.9 Å². The second kappa shape index (κ2) is 10.8. The van der Waals surface area contributed by atoms with Crippen molar-refractivity contribution in [2.75, 3.05) is 20.1 Å². The number of guanidine groups is 1. The Labute approximate surface area is 172 Å². The monoisotopic (exact) mass is 475 g/mol. The van der Waals surface area contributed by atoms with Crippen molar-refractivity contribution in [3.05, 3.63) is 39.8 Å². The molecule has 2 aromatic rings. The van der Waals surface area contributed by atoms with Crippen molar-refractivity contribution in [3.63, 3.8) is 0 Å². The van der Waals surface area contributed by atoms with E-state index in [4.69, 9.17) is 0 Å². The van der Waals surface area contributed by atoms with E-state index < -0.39 is 0 Å². The smallest absolute Gasteiger partial charge is 0.191 e. The second-order valence-corrected chi connectivity index (χ2v) is 7.29. The molecule has 0 spiro atoms. The van der Waals surface area contributed by atoms with Crippen molar-refractivity contribution in [1.82, 2.24) is 20.4 Å². The van der Waals surface area contributed by atoms with Crippen LogP contribution in [-0.2, 0) is 6.54 Å². The Hall–Kier alpha value is -1.09. The number of nitrogens with zero attached hydrogens (tertiary/aromatic N) is 3. The van der Waals surface area contributed by atoms with Crippen LogP contribution in [0.5, 0.6) is 0 Å². The highest BCUT2D eigenvalue weighted by atomic mass is 127. The number of halogens is 1. The standard InChI is InChI=1S/C18H29N5S.HI/c1-13(11-23-16(4)8-15(3)22-23)9-20-18(19-5)21-10-14(2)17-6-7-24-12-17;/h6-8,12-14H,9-11H2,1-5H3,(H2,19,20,21);1H. The normalized spacial score (nSPS) is 13.9. The van der Waals surface area contributed by atoms with Crippen LogP contribution in [0.1, 0.15) is 36.7 Å². The Balaban J connectivity index is 0.00000312. The van der Waals surface area contributed by atoms with E-state index in [0.29, 0.717) is 11.8 Å². The highest BCUT2D eigenvalue weighted by Gasteiger charge is 2.10. The SMILES string of the molecule is CN=C(NCC(C)Cn1nc(C)cc1C)NCC(C)c1ccsc1.I. The van der Waals surface area contributed by atoms with Gasteiger partial charge in [0.1, 0.15) is 0 Å². The number of rotatable bonds is 7. The van der Waals surface area contributed by atoms with Crippen LogP contribution in [0.4, 0.5) is 0 Å². The quantitative estimate of drug-likeness (QED) is 0.364. The van der Waals surface area contributed by atoms with Gasteiger partial charge in [-0.3, -0.25) is 9.67 Å². The minimum atomic E-state index is 0. The Morgan fingerprint density at radius 1 is 1.28 bits per heavy atom. The maximum atomic E-state index is 4.53. The zero-order valence-corrected chi connectivity index (χ0v) is 18.9. The van der Waals surface area contributed by atoms with E-state index in [2.05, 4.69) is 69.1 Å². The van der Waals surface area contributed by atoms with Crippen LogP contribution in [0.2, 0.25) is 0 Å². The minimum absolute atomic E-state index is 0. The summed E-state index contributed by atoms with van der Waals surface area (Å²) in [7, 11) is 1.82. The first-order valence-electron chi connectivity index (χ1n) is 8.47. The molecule has 0 bridgehead atoms. The van der Waals surface area contributed by atoms with Crippen molar-refractivity contribution < 1.29 is 0 Å². The Morgan fingerprint density at radius 2 is 2.00 bits per heavy atom. The Morgan fingerprint density at radius 3 is 2.56 bits per heavy atom. The average molecular weight is 475 g/mol. The average Bonchev–Trinajstić information content (AvgIpc) is 3.17. The number of aromatic nitrogens is 2. The molecule has 2 rings (SSSR count). The fourth-order valence-corrected chi connectivity index (χ4v) is 3.42. The molecule has 2 aromatic heterocycles. The predicted octanol–water partition coefficient (Wildman–Crippen LogP) is 3.78. The summed E-state index contributed by atoms with van der Waals surface area (Å²) in [4.78, 5) is 4.32. The third-order valence-corrected chi connectivity index (χ3v) is 4.82. The first kappa shape index (κ1) is 22.0. The van der Waals surface area contributed by atoms with Crippen molar-refractivity contribution in [2.45, 2.75) is 40.2 Å². The third kappa shape index (κ3) is 6.97. The fraction of sp³-hybridized carbons (Fsp3) is 0.556. The van der Waals surface area contributed by atoms with Crippen molar-refractivity contribution in [1.29, 1.82) is 0 Å². The summed E-state index contributed by atoms with van der Waals surface area (Å²) in [5.41, 5.74) is 3.67. The summed E-state index contributed by atoms with van der Waals surface area (Å²) in [6, 6.07) is 4.30. The lowest BCUT2D eigenvalue weighted by Gasteiger charge is -2.18. The van der Waals surface area contributed by atoms with Gasteiger partial charge in [-0.1, -0.05) is 13.8 Å². The van der Waals surface area contributed by atoms with E-state index in [1.807, 2.05) is 14.0 Å². The topological polar surface area (TPSA) is 54.2 Å². The first-order valence-corrected chi connectivity index (χ1v) is 9.41. The highest BCUT2D eigenvalue weighted by molar-refractivity contribution is 14.0. The molecule has 25 heavy (non-hydrogen) atoms. The van der Waals surface area contributed by atoms with E-state index in [0.717, 1.165) is 31.3 Å². The summed E-state index contributed by atoms with van der Waals surface area (Å²) >= 11 is 1.74. The molecule has 0 aliphatic heterocycles. The maximum Gasteiger partial charge on any atom is 0.191 e. The number of aliphatic imine (C=N–C) groups is 1. The third-order valence-electron chi connectivity index (χ3n) is 4.12. The zero-order valence-electron chi connectivity index (χ0n) is 15.7. The number of hydrogen-bond donors (Lipinski definition) is 2. The molecule has 0 radical (unpaired) electrons. The number of thiophene rings is 1. The van der Waals surface area contributed by atoms with Gasteiger partial charge in [0.15, 0.2) is 5.96 Å². The molecule has 5 nitrogen and oxygen atoms in total. The second-order valence-electron chi connectivity index (χ2n) is 6.51. The predicted molar refractivity (Wildman–Crippen MR) is 118 cm³/mol. The van der Waals surface area contributed by atoms with Gasteiger partial charge in [0, 0.05) is 32.4 Å². The van der Waals surface area contributed by atoms with Crippen LogP contribution in [0.15, 0.2) is 27.9 Å². The molecule has 2 atom stereocenters. The number of aryl methyl sites for hydroxylation is 2. The molecule has 0 aliphatic rings. The molecular formula is C18H30IN5S. The van der Waals surface area contributed by atoms with Gasteiger partial charge in [-0.05, 0) is 54.1 Å². The largest absolute Gasteiger partial charge is 0.356 e. The zero-order chi connectivity index (χ0) is 17.5. The molecule has 0 saturated heterocycles. The maximum absolute atomic E-state index is 4.53. The van der Waals surface area contributed by atoms with Crippen LogP contribution in [0, 0.1) is 19.8 Å². The van der Waals surface area contributed by atoms with Crippen LogP contribution < -0.4 is 10.6 Å². The summed E-state index contributed by atoms with van der Waals surface area (Å²) in [6.07, 6.45) is 0. The van der Waals surface area contributed by atoms with Crippen LogP contribution in [0.3, 0.4) is 0 Å². The molecule has 0 aromatic carbocycles. The lowest BCUT2D eigenvalue weighted by atomic mass is 10.1. The van der Waals surface area contributed by atoms with Gasteiger partial charge in [0.2, 0.25) is 0 Å². The minimum Gasteiger partial charge on any atom is -0.356 e. The van der Waals surface area contributed by atoms with Crippen LogP contribution >= 0.6 is 35.3 Å². The van der Waals surface area contributed by atoms with E-state index >= 15 is 0 Å².